The zero-order valence-electron chi connectivity index (χ0n) is 11.7. The molecule has 0 spiro atoms. The monoisotopic (exact) mass is 350 g/mol. The van der Waals surface area contributed by atoms with Crippen molar-refractivity contribution in [1.29, 1.82) is 0 Å². The van der Waals surface area contributed by atoms with Crippen molar-refractivity contribution in [3.63, 3.8) is 0 Å². The average molecular weight is 351 g/mol. The number of carbonyl (C=O) groups excluding carboxylic acids is 1. The number of sulfonamides is 1. The first-order valence-corrected chi connectivity index (χ1v) is 8.63. The number of halogens is 2. The fourth-order valence-electron chi connectivity index (χ4n) is 2.37. The highest BCUT2D eigenvalue weighted by atomic mass is 35.5. The summed E-state index contributed by atoms with van der Waals surface area (Å²) in [5.41, 5.74) is 0.139. The highest BCUT2D eigenvalue weighted by molar-refractivity contribution is 7.89. The Kier molecular flexibility index (Phi) is 4.28. The predicted octanol–water partition coefficient (Wildman–Crippen LogP) is 2.51. The molecule has 1 saturated heterocycles. The lowest BCUT2D eigenvalue weighted by Crippen LogP contribution is -2.30. The zero-order chi connectivity index (χ0) is 16.0. The molecule has 116 valence electrons. The molecule has 2 rings (SSSR count). The Hall–Kier alpha value is -0.820. The van der Waals surface area contributed by atoms with E-state index in [1.54, 1.807) is 4.90 Å². The minimum Gasteiger partial charge on any atom is -0.338 e. The molecule has 1 aromatic carbocycles. The van der Waals surface area contributed by atoms with E-state index in [1.165, 1.54) is 6.07 Å². The second-order valence-corrected chi connectivity index (χ2v) is 8.29. The molecule has 0 radical (unpaired) electrons. The van der Waals surface area contributed by atoms with Crippen LogP contribution in [0.15, 0.2) is 17.0 Å². The van der Waals surface area contributed by atoms with Gasteiger partial charge in [-0.15, -0.1) is 0 Å². The highest BCUT2D eigenvalue weighted by Gasteiger charge is 2.33. The Balaban J connectivity index is 2.43. The maximum Gasteiger partial charge on any atom is 0.255 e. The quantitative estimate of drug-likeness (QED) is 0.889. The van der Waals surface area contributed by atoms with Crippen LogP contribution in [0.25, 0.3) is 0 Å². The van der Waals surface area contributed by atoms with Crippen LogP contribution in [0.4, 0.5) is 0 Å². The number of nitrogens with zero attached hydrogens (tertiary/aromatic N) is 1. The van der Waals surface area contributed by atoms with Gasteiger partial charge in [0.25, 0.3) is 5.91 Å². The van der Waals surface area contributed by atoms with Gasteiger partial charge in [0, 0.05) is 13.1 Å². The van der Waals surface area contributed by atoms with Gasteiger partial charge < -0.3 is 4.90 Å². The van der Waals surface area contributed by atoms with E-state index in [1.807, 2.05) is 0 Å². The van der Waals surface area contributed by atoms with Gasteiger partial charge in [0.15, 0.2) is 0 Å². The van der Waals surface area contributed by atoms with E-state index in [-0.39, 0.29) is 31.8 Å². The lowest BCUT2D eigenvalue weighted by atomic mass is 9.93. The van der Waals surface area contributed by atoms with Gasteiger partial charge in [-0.1, -0.05) is 37.0 Å². The molecule has 1 fully saturated rings. The normalized spacial score (nSPS) is 18.0. The van der Waals surface area contributed by atoms with Crippen LogP contribution in [0.3, 0.4) is 0 Å². The lowest BCUT2D eigenvalue weighted by Gasteiger charge is -2.20. The first-order chi connectivity index (χ1) is 9.51. The first-order valence-electron chi connectivity index (χ1n) is 6.32. The number of primary sulfonamides is 1. The Morgan fingerprint density at radius 2 is 1.90 bits per heavy atom. The van der Waals surface area contributed by atoms with Crippen molar-refractivity contribution in [2.45, 2.75) is 25.2 Å². The molecule has 0 unspecified atom stereocenters. The third kappa shape index (κ3) is 3.51. The smallest absolute Gasteiger partial charge is 0.255 e. The molecular weight excluding hydrogens is 335 g/mol. The Morgan fingerprint density at radius 1 is 1.29 bits per heavy atom. The summed E-state index contributed by atoms with van der Waals surface area (Å²) >= 11 is 11.9. The number of likely N-dealkylation sites (tertiary alicyclic amines) is 1. The minimum atomic E-state index is -4.01. The summed E-state index contributed by atoms with van der Waals surface area (Å²) in [5, 5.41) is 5.11. The second kappa shape index (κ2) is 5.43. The van der Waals surface area contributed by atoms with E-state index in [2.05, 4.69) is 13.8 Å². The molecule has 2 N–H and O–H groups in total. The zero-order valence-corrected chi connectivity index (χ0v) is 14.0. The molecule has 1 aliphatic rings. The van der Waals surface area contributed by atoms with E-state index in [9.17, 15) is 13.2 Å². The molecule has 1 aromatic rings. The molecular formula is C13H16Cl2N2O3S. The van der Waals surface area contributed by atoms with Crippen LogP contribution in [0.5, 0.6) is 0 Å². The molecule has 1 aliphatic heterocycles. The van der Waals surface area contributed by atoms with Gasteiger partial charge in [0.2, 0.25) is 10.0 Å². The van der Waals surface area contributed by atoms with Crippen LogP contribution in [0.1, 0.15) is 30.6 Å². The van der Waals surface area contributed by atoms with Gasteiger partial charge in [-0.3, -0.25) is 4.79 Å². The number of hydrogen-bond acceptors (Lipinski definition) is 3. The number of benzene rings is 1. The molecule has 0 atom stereocenters. The van der Waals surface area contributed by atoms with E-state index in [0.29, 0.717) is 13.1 Å². The Labute approximate surface area is 134 Å². The number of carbonyl (C=O) groups is 1. The van der Waals surface area contributed by atoms with Crippen LogP contribution in [-0.4, -0.2) is 32.3 Å². The predicted molar refractivity (Wildman–Crippen MR) is 82.1 cm³/mol. The van der Waals surface area contributed by atoms with Crippen molar-refractivity contribution in [3.8, 4) is 0 Å². The van der Waals surface area contributed by atoms with E-state index in [4.69, 9.17) is 28.3 Å². The number of amides is 1. The van der Waals surface area contributed by atoms with Gasteiger partial charge in [0.05, 0.1) is 15.6 Å². The average Bonchev–Trinajstić information content (AvgIpc) is 2.67. The molecule has 0 bridgehead atoms. The van der Waals surface area contributed by atoms with E-state index in [0.717, 1.165) is 12.5 Å². The largest absolute Gasteiger partial charge is 0.338 e. The van der Waals surface area contributed by atoms with Gasteiger partial charge in [-0.05, 0) is 24.0 Å². The van der Waals surface area contributed by atoms with Gasteiger partial charge >= 0.3 is 0 Å². The third-order valence-electron chi connectivity index (χ3n) is 3.52. The summed E-state index contributed by atoms with van der Waals surface area (Å²) in [7, 11) is -4.01. The van der Waals surface area contributed by atoms with E-state index >= 15 is 0 Å². The molecule has 0 saturated carbocycles. The van der Waals surface area contributed by atoms with Crippen molar-refractivity contribution >= 4 is 39.1 Å². The summed E-state index contributed by atoms with van der Waals surface area (Å²) in [6.45, 7) is 5.34. The molecule has 21 heavy (non-hydrogen) atoms. The van der Waals surface area contributed by atoms with Crippen LogP contribution < -0.4 is 5.14 Å². The van der Waals surface area contributed by atoms with Crippen LogP contribution in [0.2, 0.25) is 10.0 Å². The summed E-state index contributed by atoms with van der Waals surface area (Å²) in [5.74, 6) is -0.313. The molecule has 0 aromatic heterocycles. The van der Waals surface area contributed by atoms with Crippen molar-refractivity contribution < 1.29 is 13.2 Å². The minimum absolute atomic E-state index is 0.0390. The number of nitrogens with two attached hydrogens (primary N) is 1. The molecule has 0 aliphatic carbocycles. The van der Waals surface area contributed by atoms with Crippen molar-refractivity contribution in [3.05, 3.63) is 27.7 Å². The maximum absolute atomic E-state index is 12.5. The summed E-state index contributed by atoms with van der Waals surface area (Å²) < 4.78 is 23.0. The Morgan fingerprint density at radius 3 is 2.38 bits per heavy atom. The fraction of sp³-hybridized carbons (Fsp3) is 0.462. The van der Waals surface area contributed by atoms with Crippen molar-refractivity contribution in [2.75, 3.05) is 13.1 Å². The molecule has 8 heteroatoms. The molecule has 1 heterocycles. The lowest BCUT2D eigenvalue weighted by molar-refractivity contribution is 0.0778. The Bertz CT molecular complexity index is 702. The third-order valence-corrected chi connectivity index (χ3v) is 5.21. The number of hydrogen-bond donors (Lipinski definition) is 1. The van der Waals surface area contributed by atoms with Gasteiger partial charge in [-0.25, -0.2) is 13.6 Å². The first kappa shape index (κ1) is 16.5. The van der Waals surface area contributed by atoms with Gasteiger partial charge in [-0.2, -0.15) is 0 Å². The highest BCUT2D eigenvalue weighted by Crippen LogP contribution is 2.33. The molecule has 5 nitrogen and oxygen atoms in total. The van der Waals surface area contributed by atoms with E-state index < -0.39 is 10.0 Å². The standard InChI is InChI=1S/C13H16Cl2N2O3S/c1-13(2)3-4-17(7-13)12(18)8-5-11(21(16,19)20)10(15)6-9(8)14/h5-6H,3-4,7H2,1-2H3,(H2,16,19,20). The van der Waals surface area contributed by atoms with Crippen molar-refractivity contribution in [1.82, 2.24) is 4.90 Å². The van der Waals surface area contributed by atoms with Gasteiger partial charge in [0.1, 0.15) is 4.90 Å². The van der Waals surface area contributed by atoms with Crippen LogP contribution >= 0.6 is 23.2 Å². The van der Waals surface area contributed by atoms with Crippen LogP contribution in [0, 0.1) is 5.41 Å². The summed E-state index contributed by atoms with van der Waals surface area (Å²) in [6, 6.07) is 2.38. The fourth-order valence-corrected chi connectivity index (χ4v) is 3.77. The number of rotatable bonds is 2. The maximum atomic E-state index is 12.5. The van der Waals surface area contributed by atoms with Crippen LogP contribution in [-0.2, 0) is 10.0 Å². The van der Waals surface area contributed by atoms with Crippen molar-refractivity contribution in [2.24, 2.45) is 10.6 Å². The topological polar surface area (TPSA) is 80.5 Å². The summed E-state index contributed by atoms with van der Waals surface area (Å²) in [4.78, 5) is 13.9. The second-order valence-electron chi connectivity index (χ2n) is 5.95. The SMILES string of the molecule is CC1(C)CCN(C(=O)c2cc(S(N)(=O)=O)c(Cl)cc2Cl)C1. The summed E-state index contributed by atoms with van der Waals surface area (Å²) in [6.07, 6.45) is 0.881. The molecule has 1 amide bonds.